The summed E-state index contributed by atoms with van der Waals surface area (Å²) in [4.78, 5) is 60.4. The minimum Gasteiger partial charge on any atom is -0.385 e. The number of hydrogen-bond acceptors (Lipinski definition) is 10. The summed E-state index contributed by atoms with van der Waals surface area (Å²) in [5.74, 6) is 0. The molecule has 2 heterocycles. The first-order valence-electron chi connectivity index (χ1n) is 7.59. The van der Waals surface area contributed by atoms with Crippen molar-refractivity contribution < 1.29 is 60.6 Å². The first kappa shape index (κ1) is 25.2. The number of phosphoric acid groups is 3. The molecule has 16 nitrogen and oxygen atoms in total. The van der Waals surface area contributed by atoms with Crippen LogP contribution in [0.2, 0.25) is 0 Å². The molecule has 0 saturated carbocycles. The Balaban J connectivity index is 2.09. The maximum absolute atomic E-state index is 14.3. The van der Waals surface area contributed by atoms with Crippen LogP contribution < -0.4 is 11.2 Å². The highest BCUT2D eigenvalue weighted by Crippen LogP contribution is 2.66. The van der Waals surface area contributed by atoms with Crippen LogP contribution >= 0.6 is 23.5 Å². The van der Waals surface area contributed by atoms with E-state index in [0.29, 0.717) is 4.57 Å². The van der Waals surface area contributed by atoms with Crippen LogP contribution in [0, 0.1) is 6.92 Å². The third-order valence-corrected chi connectivity index (χ3v) is 7.33. The zero-order valence-electron chi connectivity index (χ0n) is 14.7. The molecule has 6 N–H and O–H groups in total. The van der Waals surface area contributed by atoms with E-state index in [0.717, 1.165) is 6.20 Å². The number of ether oxygens (including phenoxy) is 1. The van der Waals surface area contributed by atoms with Crippen molar-refractivity contribution in [2.24, 2.45) is 0 Å². The van der Waals surface area contributed by atoms with Gasteiger partial charge in [-0.1, -0.05) is 0 Å². The predicted octanol–water partition coefficient (Wildman–Crippen LogP) is -1.22. The number of nitrogens with one attached hydrogen (secondary N) is 1. The van der Waals surface area contributed by atoms with Crippen molar-refractivity contribution in [1.29, 1.82) is 0 Å². The standard InChI is InChI=1S/C10H16FN2O14P3/c1-4-2-13(10(16)12-8(4)15)9-7(14)6(11)5(25-9)3-24-29(20,21)27-30(22,23)26-28(17,18)19/h2,5-7,9,14H,3H2,1H3,(H,20,21)(H,22,23)(H,12,15,16)(H2,17,18,19)/t5-,6?,7?,9-/m0/s1. The van der Waals surface area contributed by atoms with E-state index in [4.69, 9.17) is 19.4 Å². The van der Waals surface area contributed by atoms with E-state index in [9.17, 15) is 37.7 Å². The minimum atomic E-state index is -5.77. The SMILES string of the molecule is Cc1cn([C@H]2O[C@@H](COP(=O)(O)OP(=O)(O)OP(=O)(O)O)C(F)C2O)c(=O)[nH]c1=O. The van der Waals surface area contributed by atoms with Crippen molar-refractivity contribution in [3.05, 3.63) is 32.6 Å². The highest BCUT2D eigenvalue weighted by atomic mass is 31.3. The third kappa shape index (κ3) is 6.47. The van der Waals surface area contributed by atoms with E-state index < -0.39 is 65.9 Å². The van der Waals surface area contributed by atoms with Gasteiger partial charge in [0.05, 0.1) is 6.61 Å². The summed E-state index contributed by atoms with van der Waals surface area (Å²) in [6.45, 7) is 0.144. The highest BCUT2D eigenvalue weighted by Gasteiger charge is 2.47. The molecule has 4 unspecified atom stereocenters. The minimum absolute atomic E-state index is 0.0255. The Morgan fingerprint density at radius 3 is 2.33 bits per heavy atom. The molecule has 1 saturated heterocycles. The molecule has 20 heteroatoms. The second kappa shape index (κ2) is 8.82. The molecule has 0 aliphatic carbocycles. The number of aliphatic hydroxyl groups is 1. The van der Waals surface area contributed by atoms with Gasteiger partial charge in [-0.25, -0.2) is 22.9 Å². The van der Waals surface area contributed by atoms with Gasteiger partial charge in [0, 0.05) is 11.8 Å². The second-order valence-corrected chi connectivity index (χ2v) is 10.3. The van der Waals surface area contributed by atoms with Crippen molar-refractivity contribution in [1.82, 2.24) is 9.55 Å². The van der Waals surface area contributed by atoms with Crippen molar-refractivity contribution in [2.45, 2.75) is 31.5 Å². The van der Waals surface area contributed by atoms with Gasteiger partial charge in [-0.2, -0.15) is 8.62 Å². The molecule has 1 aromatic rings. The number of phosphoric ester groups is 1. The van der Waals surface area contributed by atoms with E-state index in [-0.39, 0.29) is 5.56 Å². The van der Waals surface area contributed by atoms with E-state index in [1.54, 1.807) is 0 Å². The highest BCUT2D eigenvalue weighted by molar-refractivity contribution is 7.66. The lowest BCUT2D eigenvalue weighted by atomic mass is 10.1. The van der Waals surface area contributed by atoms with E-state index in [2.05, 4.69) is 13.1 Å². The predicted molar refractivity (Wildman–Crippen MR) is 90.7 cm³/mol. The van der Waals surface area contributed by atoms with Gasteiger partial charge in [-0.05, 0) is 6.92 Å². The molecular formula is C10H16FN2O14P3. The fraction of sp³-hybridized carbons (Fsp3) is 0.600. The quantitative estimate of drug-likeness (QED) is 0.229. The van der Waals surface area contributed by atoms with Crippen LogP contribution in [0.1, 0.15) is 11.8 Å². The van der Waals surface area contributed by atoms with Gasteiger partial charge >= 0.3 is 29.2 Å². The van der Waals surface area contributed by atoms with Crippen molar-refractivity contribution in [2.75, 3.05) is 6.61 Å². The summed E-state index contributed by atoms with van der Waals surface area (Å²) >= 11 is 0. The maximum atomic E-state index is 14.3. The maximum Gasteiger partial charge on any atom is 0.490 e. The number of halogens is 1. The van der Waals surface area contributed by atoms with Crippen LogP contribution in [0.15, 0.2) is 15.8 Å². The molecular weight excluding hydrogens is 484 g/mol. The average Bonchev–Trinajstić information content (AvgIpc) is 2.81. The molecule has 6 atom stereocenters. The number of aliphatic hydroxyl groups excluding tert-OH is 1. The topological polar surface area (TPSA) is 244 Å². The molecule has 1 fully saturated rings. The third-order valence-electron chi connectivity index (χ3n) is 3.53. The fourth-order valence-corrected chi connectivity index (χ4v) is 5.35. The van der Waals surface area contributed by atoms with Crippen LogP contribution in [-0.2, 0) is 31.6 Å². The molecule has 0 bridgehead atoms. The summed E-state index contributed by atoms with van der Waals surface area (Å²) in [6.07, 6.45) is -6.76. The second-order valence-electron chi connectivity index (χ2n) is 5.87. The number of aromatic amines is 1. The molecule has 0 radical (unpaired) electrons. The smallest absolute Gasteiger partial charge is 0.385 e. The lowest BCUT2D eigenvalue weighted by molar-refractivity contribution is -0.0531. The van der Waals surface area contributed by atoms with Crippen LogP contribution in [-0.4, -0.2) is 59.2 Å². The van der Waals surface area contributed by atoms with Gasteiger partial charge in [0.15, 0.2) is 12.4 Å². The molecule has 30 heavy (non-hydrogen) atoms. The van der Waals surface area contributed by atoms with Crippen LogP contribution in [0.3, 0.4) is 0 Å². The largest absolute Gasteiger partial charge is 0.490 e. The van der Waals surface area contributed by atoms with E-state index in [1.807, 2.05) is 4.98 Å². The number of rotatable bonds is 8. The van der Waals surface area contributed by atoms with Crippen molar-refractivity contribution in [3.8, 4) is 0 Å². The van der Waals surface area contributed by atoms with E-state index >= 15 is 0 Å². The van der Waals surface area contributed by atoms with Gasteiger partial charge in [0.1, 0.15) is 12.2 Å². The average molecular weight is 500 g/mol. The van der Waals surface area contributed by atoms with Gasteiger partial charge < -0.3 is 29.4 Å². The number of nitrogens with zero attached hydrogens (tertiary/aromatic N) is 1. The molecule has 0 spiro atoms. The van der Waals surface area contributed by atoms with Crippen LogP contribution in [0.25, 0.3) is 0 Å². The summed E-state index contributed by atoms with van der Waals surface area (Å²) < 4.78 is 64.7. The number of aryl methyl sites for hydroxylation is 1. The molecule has 1 aliphatic heterocycles. The Morgan fingerprint density at radius 1 is 1.17 bits per heavy atom. The molecule has 0 amide bonds. The summed E-state index contributed by atoms with van der Waals surface area (Å²) in [5.41, 5.74) is -1.75. The lowest BCUT2D eigenvalue weighted by Gasteiger charge is -2.19. The number of H-pyrrole nitrogens is 1. The number of alkyl halides is 1. The van der Waals surface area contributed by atoms with Gasteiger partial charge in [0.2, 0.25) is 0 Å². The van der Waals surface area contributed by atoms with Gasteiger partial charge in [-0.15, -0.1) is 0 Å². The Labute approximate surface area is 165 Å². The summed E-state index contributed by atoms with van der Waals surface area (Å²) in [6, 6.07) is 0. The Kier molecular flexibility index (Phi) is 7.41. The van der Waals surface area contributed by atoms with Gasteiger partial charge in [0.25, 0.3) is 5.56 Å². The monoisotopic (exact) mass is 500 g/mol. The molecule has 0 aromatic carbocycles. The first-order valence-corrected chi connectivity index (χ1v) is 12.1. The Hall–Kier alpha value is -1.06. The fourth-order valence-electron chi connectivity index (χ4n) is 2.32. The van der Waals surface area contributed by atoms with Crippen molar-refractivity contribution >= 4 is 23.5 Å². The van der Waals surface area contributed by atoms with Gasteiger partial charge in [-0.3, -0.25) is 18.9 Å². The number of hydrogen-bond donors (Lipinski definition) is 6. The Bertz CT molecular complexity index is 1050. The zero-order chi connectivity index (χ0) is 23.1. The zero-order valence-corrected chi connectivity index (χ0v) is 17.4. The Morgan fingerprint density at radius 2 is 1.77 bits per heavy atom. The lowest BCUT2D eigenvalue weighted by Crippen LogP contribution is -2.37. The van der Waals surface area contributed by atoms with Crippen LogP contribution in [0.4, 0.5) is 4.39 Å². The first-order chi connectivity index (χ1) is 13.5. The van der Waals surface area contributed by atoms with E-state index in [1.165, 1.54) is 6.92 Å². The molecule has 172 valence electrons. The summed E-state index contributed by atoms with van der Waals surface area (Å²) in [5, 5.41) is 9.95. The molecule has 1 aromatic heterocycles. The normalized spacial score (nSPS) is 28.8. The van der Waals surface area contributed by atoms with Crippen molar-refractivity contribution in [3.63, 3.8) is 0 Å². The molecule has 2 rings (SSSR count). The van der Waals surface area contributed by atoms with Crippen LogP contribution in [0.5, 0.6) is 0 Å². The summed E-state index contributed by atoms with van der Waals surface area (Å²) in [7, 11) is -16.9. The number of aromatic nitrogens is 2. The molecule has 1 aliphatic rings.